The number of anilines is 2. The summed E-state index contributed by atoms with van der Waals surface area (Å²) in [6.45, 7) is 1.73. The van der Waals surface area contributed by atoms with E-state index in [-0.39, 0.29) is 16.9 Å². The predicted octanol–water partition coefficient (Wildman–Crippen LogP) is 2.88. The van der Waals surface area contributed by atoms with Gasteiger partial charge in [-0.2, -0.15) is 0 Å². The number of fused-ring (bicyclic) bond motifs is 1. The number of hydrogen-bond acceptors (Lipinski definition) is 6. The Morgan fingerprint density at radius 2 is 2.09 bits per heavy atom. The molecule has 2 aromatic carbocycles. The summed E-state index contributed by atoms with van der Waals surface area (Å²) in [4.78, 5) is 26.6. The number of nitrogen functional groups attached to an aromatic ring is 1. The number of nitro benzene ring substituents is 1. The predicted molar refractivity (Wildman–Crippen MR) is 84.2 cm³/mol. The number of nitrogens with zero attached hydrogens (tertiary/aromatic N) is 2. The van der Waals surface area contributed by atoms with Crippen LogP contribution in [-0.4, -0.2) is 15.8 Å². The standard InChI is InChI=1S/C15H12N4O4/c1-8-17-12-5-3-10(7-14(12)23-8)18-15(20)9-2-4-11(16)13(6-9)19(21)22/h2-7H,16H2,1H3,(H,18,20). The van der Waals surface area contributed by atoms with Gasteiger partial charge in [-0.3, -0.25) is 14.9 Å². The van der Waals surface area contributed by atoms with Crippen molar-refractivity contribution >= 4 is 34.1 Å². The van der Waals surface area contributed by atoms with Gasteiger partial charge < -0.3 is 15.5 Å². The Balaban J connectivity index is 1.88. The third-order valence-corrected chi connectivity index (χ3v) is 3.24. The summed E-state index contributed by atoms with van der Waals surface area (Å²) >= 11 is 0. The molecule has 8 nitrogen and oxygen atoms in total. The third kappa shape index (κ3) is 2.82. The summed E-state index contributed by atoms with van der Waals surface area (Å²) in [5.74, 6) is 0.0429. The van der Waals surface area contributed by atoms with Gasteiger partial charge in [-0.25, -0.2) is 4.98 Å². The van der Waals surface area contributed by atoms with Crippen LogP contribution in [0.25, 0.3) is 11.1 Å². The Bertz CT molecular complexity index is 932. The molecule has 0 aliphatic rings. The highest BCUT2D eigenvalue weighted by Crippen LogP contribution is 2.24. The van der Waals surface area contributed by atoms with Gasteiger partial charge in [-0.15, -0.1) is 0 Å². The summed E-state index contributed by atoms with van der Waals surface area (Å²) in [6, 6.07) is 8.92. The number of nitro groups is 1. The van der Waals surface area contributed by atoms with Gasteiger partial charge in [0.25, 0.3) is 11.6 Å². The molecule has 0 spiro atoms. The molecule has 0 aliphatic carbocycles. The van der Waals surface area contributed by atoms with Crippen molar-refractivity contribution in [3.05, 3.63) is 58.0 Å². The van der Waals surface area contributed by atoms with Crippen LogP contribution in [0.4, 0.5) is 17.1 Å². The van der Waals surface area contributed by atoms with Crippen molar-refractivity contribution in [2.24, 2.45) is 0 Å². The van der Waals surface area contributed by atoms with Crippen molar-refractivity contribution < 1.29 is 14.1 Å². The second kappa shape index (κ2) is 5.41. The molecule has 0 fully saturated rings. The summed E-state index contributed by atoms with van der Waals surface area (Å²) in [7, 11) is 0. The number of rotatable bonds is 3. The topological polar surface area (TPSA) is 124 Å². The minimum absolute atomic E-state index is 0.00473. The van der Waals surface area contributed by atoms with Crippen LogP contribution in [0.5, 0.6) is 0 Å². The van der Waals surface area contributed by atoms with E-state index in [9.17, 15) is 14.9 Å². The van der Waals surface area contributed by atoms with Crippen LogP contribution in [0.2, 0.25) is 0 Å². The molecule has 116 valence electrons. The number of oxazole rings is 1. The molecule has 3 aromatic rings. The first-order chi connectivity index (χ1) is 10.9. The number of aryl methyl sites for hydroxylation is 1. The monoisotopic (exact) mass is 312 g/mol. The second-order valence-corrected chi connectivity index (χ2v) is 4.90. The second-order valence-electron chi connectivity index (χ2n) is 4.90. The maximum absolute atomic E-state index is 12.2. The number of aromatic nitrogens is 1. The Morgan fingerprint density at radius 1 is 1.30 bits per heavy atom. The highest BCUT2D eigenvalue weighted by atomic mass is 16.6. The molecule has 3 rings (SSSR count). The van der Waals surface area contributed by atoms with Crippen molar-refractivity contribution in [1.82, 2.24) is 4.98 Å². The molecule has 0 atom stereocenters. The van der Waals surface area contributed by atoms with Crippen LogP contribution in [0.15, 0.2) is 40.8 Å². The van der Waals surface area contributed by atoms with Crippen molar-refractivity contribution in [3.63, 3.8) is 0 Å². The van der Waals surface area contributed by atoms with Gasteiger partial charge >= 0.3 is 0 Å². The van der Waals surface area contributed by atoms with Gasteiger partial charge in [0, 0.05) is 30.3 Å². The summed E-state index contributed by atoms with van der Waals surface area (Å²) < 4.78 is 5.39. The largest absolute Gasteiger partial charge is 0.441 e. The van der Waals surface area contributed by atoms with E-state index in [2.05, 4.69) is 10.3 Å². The first kappa shape index (κ1) is 14.5. The van der Waals surface area contributed by atoms with Crippen molar-refractivity contribution in [2.45, 2.75) is 6.92 Å². The lowest BCUT2D eigenvalue weighted by molar-refractivity contribution is -0.383. The van der Waals surface area contributed by atoms with Crippen LogP contribution in [0.3, 0.4) is 0 Å². The number of benzene rings is 2. The lowest BCUT2D eigenvalue weighted by atomic mass is 10.1. The van der Waals surface area contributed by atoms with Crippen molar-refractivity contribution in [3.8, 4) is 0 Å². The molecular formula is C15H12N4O4. The zero-order valence-electron chi connectivity index (χ0n) is 12.1. The molecule has 1 heterocycles. The lowest BCUT2D eigenvalue weighted by Crippen LogP contribution is -2.12. The van der Waals surface area contributed by atoms with Gasteiger partial charge in [-0.05, 0) is 24.3 Å². The molecule has 0 aliphatic heterocycles. The highest BCUT2D eigenvalue weighted by molar-refractivity contribution is 6.05. The molecule has 0 bridgehead atoms. The van der Waals surface area contributed by atoms with E-state index in [4.69, 9.17) is 10.2 Å². The van der Waals surface area contributed by atoms with Crippen LogP contribution >= 0.6 is 0 Å². The Labute approximate surface area is 130 Å². The van der Waals surface area contributed by atoms with E-state index >= 15 is 0 Å². The van der Waals surface area contributed by atoms with Gasteiger partial charge in [0.1, 0.15) is 11.2 Å². The SMILES string of the molecule is Cc1nc2ccc(NC(=O)c3ccc(N)c([N+](=O)[O-])c3)cc2o1. The quantitative estimate of drug-likeness (QED) is 0.435. The number of nitrogens with one attached hydrogen (secondary N) is 1. The zero-order chi connectivity index (χ0) is 16.6. The van der Waals surface area contributed by atoms with E-state index in [1.54, 1.807) is 25.1 Å². The van der Waals surface area contributed by atoms with Crippen LogP contribution in [-0.2, 0) is 0 Å². The first-order valence-electron chi connectivity index (χ1n) is 6.66. The minimum atomic E-state index is -0.629. The van der Waals surface area contributed by atoms with Crippen molar-refractivity contribution in [2.75, 3.05) is 11.1 Å². The number of hydrogen-bond donors (Lipinski definition) is 2. The van der Waals surface area contributed by atoms with E-state index in [1.807, 2.05) is 0 Å². The zero-order valence-corrected chi connectivity index (χ0v) is 12.1. The molecule has 23 heavy (non-hydrogen) atoms. The molecule has 0 unspecified atom stereocenters. The van der Waals surface area contributed by atoms with Crippen LogP contribution in [0, 0.1) is 17.0 Å². The van der Waals surface area contributed by atoms with Gasteiger partial charge in [0.2, 0.25) is 0 Å². The minimum Gasteiger partial charge on any atom is -0.441 e. The van der Waals surface area contributed by atoms with Crippen LogP contribution < -0.4 is 11.1 Å². The number of nitrogens with two attached hydrogens (primary N) is 1. The molecule has 8 heteroatoms. The van der Waals surface area contributed by atoms with E-state index in [1.165, 1.54) is 12.1 Å². The molecule has 1 amide bonds. The maximum Gasteiger partial charge on any atom is 0.292 e. The Hall–Kier alpha value is -3.42. The van der Waals surface area contributed by atoms with E-state index < -0.39 is 10.8 Å². The fourth-order valence-corrected chi connectivity index (χ4v) is 2.16. The molecule has 3 N–H and O–H groups in total. The highest BCUT2D eigenvalue weighted by Gasteiger charge is 2.16. The number of carbonyl (C=O) groups excluding carboxylic acids is 1. The normalized spacial score (nSPS) is 10.7. The Kier molecular flexibility index (Phi) is 3.41. The summed E-state index contributed by atoms with van der Waals surface area (Å²) in [5, 5.41) is 13.5. The van der Waals surface area contributed by atoms with Crippen molar-refractivity contribution in [1.29, 1.82) is 0 Å². The van der Waals surface area contributed by atoms with Gasteiger partial charge in [0.05, 0.1) is 4.92 Å². The van der Waals surface area contributed by atoms with E-state index in [0.717, 1.165) is 6.07 Å². The average molecular weight is 312 g/mol. The fourth-order valence-electron chi connectivity index (χ4n) is 2.16. The molecular weight excluding hydrogens is 300 g/mol. The Morgan fingerprint density at radius 3 is 2.83 bits per heavy atom. The number of carbonyl (C=O) groups is 1. The maximum atomic E-state index is 12.2. The summed E-state index contributed by atoms with van der Waals surface area (Å²) in [6.07, 6.45) is 0. The fraction of sp³-hybridized carbons (Fsp3) is 0.0667. The van der Waals surface area contributed by atoms with Gasteiger partial charge in [-0.1, -0.05) is 0 Å². The van der Waals surface area contributed by atoms with Gasteiger partial charge in [0.15, 0.2) is 11.5 Å². The molecule has 0 saturated carbocycles. The first-order valence-corrected chi connectivity index (χ1v) is 6.66. The third-order valence-electron chi connectivity index (χ3n) is 3.24. The smallest absolute Gasteiger partial charge is 0.292 e. The molecule has 0 radical (unpaired) electrons. The van der Waals surface area contributed by atoms with Crippen LogP contribution in [0.1, 0.15) is 16.2 Å². The van der Waals surface area contributed by atoms with E-state index in [0.29, 0.717) is 22.7 Å². The lowest BCUT2D eigenvalue weighted by Gasteiger charge is -2.05. The summed E-state index contributed by atoms with van der Waals surface area (Å²) in [5.41, 5.74) is 7.08. The molecule has 1 aromatic heterocycles. The average Bonchev–Trinajstić information content (AvgIpc) is 2.86. The molecule has 0 saturated heterocycles. The number of amides is 1.